The molecule has 2 heterocycles. The van der Waals surface area contributed by atoms with E-state index in [9.17, 15) is 13.9 Å². The fraction of sp³-hybridized carbons (Fsp3) is 0.571. The Morgan fingerprint density at radius 1 is 1.21 bits per heavy atom. The minimum atomic E-state index is -1.15. The molecular weight excluding hydrogens is 252 g/mol. The number of hydrogen-bond acceptors (Lipinski definition) is 3. The van der Waals surface area contributed by atoms with Crippen LogP contribution in [0.25, 0.3) is 0 Å². The molecule has 0 aromatic heterocycles. The number of methoxy groups -OCH3 is 1. The van der Waals surface area contributed by atoms with Gasteiger partial charge < -0.3 is 15.2 Å². The van der Waals surface area contributed by atoms with Gasteiger partial charge in [-0.1, -0.05) is 0 Å². The van der Waals surface area contributed by atoms with E-state index in [1.165, 1.54) is 19.2 Å². The van der Waals surface area contributed by atoms with Gasteiger partial charge in [-0.2, -0.15) is 0 Å². The molecule has 0 radical (unpaired) electrons. The van der Waals surface area contributed by atoms with E-state index in [0.717, 1.165) is 12.8 Å². The largest absolute Gasteiger partial charge is 0.491 e. The van der Waals surface area contributed by atoms with Gasteiger partial charge in [-0.25, -0.2) is 8.78 Å². The topological polar surface area (TPSA) is 41.5 Å². The van der Waals surface area contributed by atoms with Crippen molar-refractivity contribution in [3.05, 3.63) is 29.3 Å². The molecule has 5 heteroatoms. The van der Waals surface area contributed by atoms with E-state index in [1.54, 1.807) is 0 Å². The fourth-order valence-electron chi connectivity index (χ4n) is 3.38. The number of fused-ring (bicyclic) bond motifs is 2. The molecule has 104 valence electrons. The Hall–Kier alpha value is -1.20. The minimum absolute atomic E-state index is 0.233. The zero-order chi connectivity index (χ0) is 13.6. The summed E-state index contributed by atoms with van der Waals surface area (Å²) in [5.41, 5.74) is -0.841. The first-order valence-electron chi connectivity index (χ1n) is 6.54. The summed E-state index contributed by atoms with van der Waals surface area (Å²) in [5.74, 6) is -1.93. The molecule has 2 N–H and O–H groups in total. The fourth-order valence-corrected chi connectivity index (χ4v) is 3.38. The Balaban J connectivity index is 1.97. The van der Waals surface area contributed by atoms with E-state index in [0.29, 0.717) is 18.4 Å². The van der Waals surface area contributed by atoms with Gasteiger partial charge in [0.15, 0.2) is 17.4 Å². The second-order valence-electron chi connectivity index (χ2n) is 5.55. The van der Waals surface area contributed by atoms with Crippen LogP contribution in [0.2, 0.25) is 0 Å². The summed E-state index contributed by atoms with van der Waals surface area (Å²) in [6, 6.07) is 2.84. The second kappa shape index (κ2) is 4.42. The molecule has 2 aliphatic rings. The zero-order valence-electron chi connectivity index (χ0n) is 10.7. The van der Waals surface area contributed by atoms with Gasteiger partial charge in [0.05, 0.1) is 12.7 Å². The van der Waals surface area contributed by atoms with Crippen molar-refractivity contribution in [2.45, 2.75) is 43.4 Å². The smallest absolute Gasteiger partial charge is 0.190 e. The first kappa shape index (κ1) is 12.8. The van der Waals surface area contributed by atoms with Crippen molar-refractivity contribution in [3.8, 4) is 5.75 Å². The summed E-state index contributed by atoms with van der Waals surface area (Å²) in [6.07, 6.45) is 3.01. The normalized spacial score (nSPS) is 33.5. The van der Waals surface area contributed by atoms with Crippen LogP contribution in [-0.2, 0) is 5.60 Å². The molecule has 0 aliphatic carbocycles. The number of hydrogen-bond donors (Lipinski definition) is 2. The molecule has 0 amide bonds. The van der Waals surface area contributed by atoms with Crippen molar-refractivity contribution in [3.63, 3.8) is 0 Å². The standard InChI is InChI=1S/C14H17F2NO2/c1-19-13-11(15)4-8(5-12(13)16)14(18)6-9-2-3-10(7-14)17-9/h4-5,9-10,17-18H,2-3,6-7H2,1H3. The van der Waals surface area contributed by atoms with Crippen LogP contribution >= 0.6 is 0 Å². The maximum Gasteiger partial charge on any atom is 0.190 e. The first-order chi connectivity index (χ1) is 9.01. The predicted molar refractivity (Wildman–Crippen MR) is 66.0 cm³/mol. The maximum absolute atomic E-state index is 13.8. The van der Waals surface area contributed by atoms with Gasteiger partial charge >= 0.3 is 0 Å². The van der Waals surface area contributed by atoms with Crippen molar-refractivity contribution in [2.24, 2.45) is 0 Å². The summed E-state index contributed by atoms with van der Waals surface area (Å²) in [7, 11) is 1.22. The Kier molecular flexibility index (Phi) is 2.98. The third kappa shape index (κ3) is 2.11. The van der Waals surface area contributed by atoms with Gasteiger partial charge in [0, 0.05) is 12.1 Å². The summed E-state index contributed by atoms with van der Waals surface area (Å²) in [4.78, 5) is 0. The SMILES string of the molecule is COc1c(F)cc(C2(O)CC3CCC(C2)N3)cc1F. The third-order valence-electron chi connectivity index (χ3n) is 4.24. The molecule has 19 heavy (non-hydrogen) atoms. The van der Waals surface area contributed by atoms with E-state index >= 15 is 0 Å². The van der Waals surface area contributed by atoms with Gasteiger partial charge in [0.2, 0.25) is 0 Å². The summed E-state index contributed by atoms with van der Waals surface area (Å²) in [5, 5.41) is 14.1. The Morgan fingerprint density at radius 3 is 2.21 bits per heavy atom. The van der Waals surface area contributed by atoms with Gasteiger partial charge in [-0.15, -0.1) is 0 Å². The molecule has 1 aromatic rings. The lowest BCUT2D eigenvalue weighted by molar-refractivity contribution is -0.0120. The maximum atomic E-state index is 13.8. The molecule has 3 rings (SSSR count). The first-order valence-corrected chi connectivity index (χ1v) is 6.54. The number of halogens is 2. The van der Waals surface area contributed by atoms with Gasteiger partial charge in [-0.3, -0.25) is 0 Å². The highest BCUT2D eigenvalue weighted by molar-refractivity contribution is 5.35. The lowest BCUT2D eigenvalue weighted by Gasteiger charge is -2.37. The van der Waals surface area contributed by atoms with Crippen LogP contribution < -0.4 is 10.1 Å². The third-order valence-corrected chi connectivity index (χ3v) is 4.24. The van der Waals surface area contributed by atoms with E-state index in [1.807, 2.05) is 0 Å². The van der Waals surface area contributed by atoms with Gasteiger partial charge in [0.1, 0.15) is 0 Å². The molecule has 2 fully saturated rings. The molecule has 2 aliphatic heterocycles. The van der Waals surface area contributed by atoms with Crippen LogP contribution in [0, 0.1) is 11.6 Å². The minimum Gasteiger partial charge on any atom is -0.491 e. The molecule has 1 aromatic carbocycles. The van der Waals surface area contributed by atoms with Gasteiger partial charge in [0.25, 0.3) is 0 Å². The number of aliphatic hydroxyl groups is 1. The lowest BCUT2D eigenvalue weighted by Crippen LogP contribution is -2.46. The number of nitrogens with one attached hydrogen (secondary N) is 1. The molecule has 3 nitrogen and oxygen atoms in total. The number of benzene rings is 1. The highest BCUT2D eigenvalue weighted by Gasteiger charge is 2.44. The molecule has 2 unspecified atom stereocenters. The average Bonchev–Trinajstić information content (AvgIpc) is 2.69. The number of rotatable bonds is 2. The molecule has 2 atom stereocenters. The molecular formula is C14H17F2NO2. The van der Waals surface area contributed by atoms with E-state index < -0.39 is 23.0 Å². The van der Waals surface area contributed by atoms with E-state index in [-0.39, 0.29) is 12.1 Å². The number of ether oxygens (including phenoxy) is 1. The van der Waals surface area contributed by atoms with Crippen molar-refractivity contribution >= 4 is 0 Å². The van der Waals surface area contributed by atoms with Crippen LogP contribution in [0.4, 0.5) is 8.78 Å². The van der Waals surface area contributed by atoms with Crippen LogP contribution in [0.3, 0.4) is 0 Å². The van der Waals surface area contributed by atoms with Crippen LogP contribution in [0.5, 0.6) is 5.75 Å². The van der Waals surface area contributed by atoms with Crippen LogP contribution in [0.15, 0.2) is 12.1 Å². The van der Waals surface area contributed by atoms with Crippen molar-refractivity contribution in [2.75, 3.05) is 7.11 Å². The van der Waals surface area contributed by atoms with Crippen LogP contribution in [-0.4, -0.2) is 24.3 Å². The molecule has 0 spiro atoms. The Bertz CT molecular complexity index is 471. The van der Waals surface area contributed by atoms with Crippen molar-refractivity contribution in [1.29, 1.82) is 0 Å². The molecule has 2 bridgehead atoms. The van der Waals surface area contributed by atoms with E-state index in [4.69, 9.17) is 0 Å². The number of piperidine rings is 1. The lowest BCUT2D eigenvalue weighted by atomic mass is 9.81. The average molecular weight is 269 g/mol. The monoisotopic (exact) mass is 269 g/mol. The Labute approximate surface area is 110 Å². The van der Waals surface area contributed by atoms with E-state index in [2.05, 4.69) is 10.1 Å². The predicted octanol–water partition coefficient (Wildman–Crippen LogP) is 2.08. The summed E-state index contributed by atoms with van der Waals surface area (Å²) < 4.78 is 32.2. The molecule has 0 saturated carbocycles. The highest BCUT2D eigenvalue weighted by Crippen LogP contribution is 2.41. The zero-order valence-corrected chi connectivity index (χ0v) is 10.7. The van der Waals surface area contributed by atoms with Crippen molar-refractivity contribution < 1.29 is 18.6 Å². The summed E-state index contributed by atoms with van der Waals surface area (Å²) in [6.45, 7) is 0. The molecule has 2 saturated heterocycles. The van der Waals surface area contributed by atoms with Crippen LogP contribution in [0.1, 0.15) is 31.2 Å². The second-order valence-corrected chi connectivity index (χ2v) is 5.55. The van der Waals surface area contributed by atoms with Gasteiger partial charge in [-0.05, 0) is 43.4 Å². The highest BCUT2D eigenvalue weighted by atomic mass is 19.1. The summed E-state index contributed by atoms with van der Waals surface area (Å²) >= 11 is 0. The quantitative estimate of drug-likeness (QED) is 0.863. The van der Waals surface area contributed by atoms with Crippen molar-refractivity contribution in [1.82, 2.24) is 5.32 Å². The Morgan fingerprint density at radius 2 is 1.74 bits per heavy atom.